The van der Waals surface area contributed by atoms with E-state index in [4.69, 9.17) is 4.74 Å². The van der Waals surface area contributed by atoms with E-state index in [0.717, 1.165) is 5.56 Å². The van der Waals surface area contributed by atoms with Crippen molar-refractivity contribution in [2.24, 2.45) is 5.41 Å². The predicted octanol–water partition coefficient (Wildman–Crippen LogP) is 2.31. The van der Waals surface area contributed by atoms with Crippen molar-refractivity contribution in [1.29, 1.82) is 0 Å². The van der Waals surface area contributed by atoms with Gasteiger partial charge >= 0.3 is 5.97 Å². The van der Waals surface area contributed by atoms with Crippen LogP contribution in [-0.4, -0.2) is 18.2 Å². The fourth-order valence-corrected chi connectivity index (χ4v) is 1.69. The molecule has 16 heavy (non-hydrogen) atoms. The van der Waals surface area contributed by atoms with Gasteiger partial charge in [0, 0.05) is 0 Å². The molecule has 0 aliphatic rings. The second kappa shape index (κ2) is 5.12. The summed E-state index contributed by atoms with van der Waals surface area (Å²) in [7, 11) is 1.34. The van der Waals surface area contributed by atoms with Crippen molar-refractivity contribution in [1.82, 2.24) is 0 Å². The zero-order valence-corrected chi connectivity index (χ0v) is 9.93. The lowest BCUT2D eigenvalue weighted by atomic mass is 9.78. The highest BCUT2D eigenvalue weighted by Crippen LogP contribution is 2.37. The molecule has 0 amide bonds. The first-order valence-electron chi connectivity index (χ1n) is 5.37. The van der Waals surface area contributed by atoms with Crippen LogP contribution in [-0.2, 0) is 9.53 Å². The smallest absolute Gasteiger partial charge is 0.314 e. The van der Waals surface area contributed by atoms with Crippen LogP contribution >= 0.6 is 0 Å². The van der Waals surface area contributed by atoms with Crippen molar-refractivity contribution < 1.29 is 14.6 Å². The molecule has 0 radical (unpaired) electrons. The van der Waals surface area contributed by atoms with Crippen molar-refractivity contribution >= 4 is 5.97 Å². The molecule has 0 aromatic heterocycles. The third-order valence-electron chi connectivity index (χ3n) is 3.10. The van der Waals surface area contributed by atoms with Crippen molar-refractivity contribution in [3.8, 4) is 0 Å². The summed E-state index contributed by atoms with van der Waals surface area (Å²) in [5.74, 6) is -0.383. The van der Waals surface area contributed by atoms with Gasteiger partial charge < -0.3 is 9.84 Å². The van der Waals surface area contributed by atoms with Gasteiger partial charge in [-0.25, -0.2) is 0 Å². The number of carbonyl (C=O) groups is 1. The zero-order valence-electron chi connectivity index (χ0n) is 9.93. The molecule has 88 valence electrons. The molecular weight excluding hydrogens is 204 g/mol. The minimum atomic E-state index is -0.893. The highest BCUT2D eigenvalue weighted by Gasteiger charge is 2.40. The fraction of sp³-hybridized carbons (Fsp3) is 0.462. The molecule has 0 aliphatic heterocycles. The molecule has 2 atom stereocenters. The van der Waals surface area contributed by atoms with E-state index in [0.29, 0.717) is 6.42 Å². The van der Waals surface area contributed by atoms with Gasteiger partial charge in [0.05, 0.1) is 18.6 Å². The molecule has 3 nitrogen and oxygen atoms in total. The van der Waals surface area contributed by atoms with Crippen molar-refractivity contribution in [2.75, 3.05) is 7.11 Å². The van der Waals surface area contributed by atoms with E-state index in [1.165, 1.54) is 7.11 Å². The second-order valence-corrected chi connectivity index (χ2v) is 4.08. The first-order chi connectivity index (χ1) is 7.56. The largest absolute Gasteiger partial charge is 0.469 e. The molecule has 1 rings (SSSR count). The van der Waals surface area contributed by atoms with E-state index in [1.807, 2.05) is 37.3 Å². The van der Waals surface area contributed by atoms with Gasteiger partial charge in [0.25, 0.3) is 0 Å². The number of carbonyl (C=O) groups excluding carboxylic acids is 1. The quantitative estimate of drug-likeness (QED) is 0.795. The van der Waals surface area contributed by atoms with Gasteiger partial charge in [0.1, 0.15) is 0 Å². The van der Waals surface area contributed by atoms with Crippen LogP contribution in [0.1, 0.15) is 31.9 Å². The average molecular weight is 222 g/mol. The van der Waals surface area contributed by atoms with Gasteiger partial charge in [0.15, 0.2) is 0 Å². The molecule has 1 aromatic rings. The Bertz CT molecular complexity index is 347. The SMILES string of the molecule is CC[C@@](C)(C(=O)OC)[C@@H](O)c1ccccc1. The van der Waals surface area contributed by atoms with Crippen LogP contribution in [0.25, 0.3) is 0 Å². The molecule has 1 N–H and O–H groups in total. The highest BCUT2D eigenvalue weighted by atomic mass is 16.5. The maximum absolute atomic E-state index is 11.7. The molecule has 0 saturated carbocycles. The molecule has 0 bridgehead atoms. The maximum atomic E-state index is 11.7. The maximum Gasteiger partial charge on any atom is 0.314 e. The van der Waals surface area contributed by atoms with Crippen LogP contribution in [0.3, 0.4) is 0 Å². The van der Waals surface area contributed by atoms with Crippen LogP contribution in [0.2, 0.25) is 0 Å². The monoisotopic (exact) mass is 222 g/mol. The Labute approximate surface area is 96.1 Å². The van der Waals surface area contributed by atoms with Crippen LogP contribution in [0.15, 0.2) is 30.3 Å². The molecule has 0 aliphatic carbocycles. The molecule has 0 unspecified atom stereocenters. The van der Waals surface area contributed by atoms with Gasteiger partial charge in [-0.05, 0) is 18.9 Å². The number of methoxy groups -OCH3 is 1. The minimum Gasteiger partial charge on any atom is -0.469 e. The molecular formula is C13H18O3. The predicted molar refractivity (Wildman–Crippen MR) is 61.8 cm³/mol. The summed E-state index contributed by atoms with van der Waals surface area (Å²) in [5, 5.41) is 10.2. The lowest BCUT2D eigenvalue weighted by molar-refractivity contribution is -0.159. The molecule has 3 heteroatoms. The van der Waals surface area contributed by atoms with Crippen molar-refractivity contribution in [3.05, 3.63) is 35.9 Å². The number of hydrogen-bond donors (Lipinski definition) is 1. The number of aliphatic hydroxyl groups is 1. The standard InChI is InChI=1S/C13H18O3/c1-4-13(2,12(15)16-3)11(14)10-8-6-5-7-9-10/h5-9,11,14H,4H2,1-3H3/t11-,13+/m0/s1. The van der Waals surface area contributed by atoms with E-state index in [2.05, 4.69) is 0 Å². The Hall–Kier alpha value is -1.35. The molecule has 0 fully saturated rings. The van der Waals surface area contributed by atoms with E-state index in [-0.39, 0.29) is 5.97 Å². The van der Waals surface area contributed by atoms with Crippen LogP contribution in [0, 0.1) is 5.41 Å². The zero-order chi connectivity index (χ0) is 12.2. The van der Waals surface area contributed by atoms with E-state index in [9.17, 15) is 9.90 Å². The van der Waals surface area contributed by atoms with Gasteiger partial charge in [-0.3, -0.25) is 4.79 Å². The third-order valence-corrected chi connectivity index (χ3v) is 3.10. The summed E-state index contributed by atoms with van der Waals surface area (Å²) in [6.45, 7) is 3.58. The van der Waals surface area contributed by atoms with Crippen LogP contribution in [0.5, 0.6) is 0 Å². The van der Waals surface area contributed by atoms with Crippen molar-refractivity contribution in [2.45, 2.75) is 26.4 Å². The normalized spacial score (nSPS) is 16.2. The Morgan fingerprint density at radius 3 is 2.44 bits per heavy atom. The Morgan fingerprint density at radius 2 is 2.00 bits per heavy atom. The van der Waals surface area contributed by atoms with E-state index >= 15 is 0 Å². The number of hydrogen-bond acceptors (Lipinski definition) is 3. The summed E-state index contributed by atoms with van der Waals surface area (Å²) in [5.41, 5.74) is -0.159. The van der Waals surface area contributed by atoms with E-state index < -0.39 is 11.5 Å². The van der Waals surface area contributed by atoms with Gasteiger partial charge in [-0.2, -0.15) is 0 Å². The number of benzene rings is 1. The topological polar surface area (TPSA) is 46.5 Å². The second-order valence-electron chi connectivity index (χ2n) is 4.08. The minimum absolute atomic E-state index is 0.383. The first-order valence-corrected chi connectivity index (χ1v) is 5.37. The van der Waals surface area contributed by atoms with E-state index in [1.54, 1.807) is 6.92 Å². The molecule has 0 saturated heterocycles. The molecule has 1 aromatic carbocycles. The summed E-state index contributed by atoms with van der Waals surface area (Å²) in [4.78, 5) is 11.7. The van der Waals surface area contributed by atoms with Gasteiger partial charge in [-0.15, -0.1) is 0 Å². The number of rotatable bonds is 4. The lowest BCUT2D eigenvalue weighted by Gasteiger charge is -2.30. The summed E-state index contributed by atoms with van der Waals surface area (Å²) in [6.07, 6.45) is -0.318. The lowest BCUT2D eigenvalue weighted by Crippen LogP contribution is -2.35. The average Bonchev–Trinajstić information content (AvgIpc) is 2.36. The number of aliphatic hydroxyl groups excluding tert-OH is 1. The molecule has 0 heterocycles. The Kier molecular flexibility index (Phi) is 4.07. The summed E-state index contributed by atoms with van der Waals surface area (Å²) in [6, 6.07) is 9.17. The highest BCUT2D eigenvalue weighted by molar-refractivity contribution is 5.77. The van der Waals surface area contributed by atoms with Crippen molar-refractivity contribution in [3.63, 3.8) is 0 Å². The Morgan fingerprint density at radius 1 is 1.44 bits per heavy atom. The Balaban J connectivity index is 3.02. The van der Waals surface area contributed by atoms with Crippen LogP contribution in [0.4, 0.5) is 0 Å². The fourth-order valence-electron chi connectivity index (χ4n) is 1.69. The summed E-state index contributed by atoms with van der Waals surface area (Å²) >= 11 is 0. The number of esters is 1. The third kappa shape index (κ3) is 2.25. The van der Waals surface area contributed by atoms with Gasteiger partial charge in [0.2, 0.25) is 0 Å². The number of ether oxygens (including phenoxy) is 1. The molecule has 0 spiro atoms. The van der Waals surface area contributed by atoms with Crippen LogP contribution < -0.4 is 0 Å². The first kappa shape index (κ1) is 12.7. The summed E-state index contributed by atoms with van der Waals surface area (Å²) < 4.78 is 4.75. The van der Waals surface area contributed by atoms with Gasteiger partial charge in [-0.1, -0.05) is 37.3 Å².